The second-order valence-corrected chi connectivity index (χ2v) is 11.6. The van der Waals surface area contributed by atoms with Gasteiger partial charge >= 0.3 is 0 Å². The zero-order valence-corrected chi connectivity index (χ0v) is 23.6. The summed E-state index contributed by atoms with van der Waals surface area (Å²) in [6, 6.07) is 37.6. The van der Waals surface area contributed by atoms with Gasteiger partial charge in [0, 0.05) is 59.8 Å². The van der Waals surface area contributed by atoms with Gasteiger partial charge in [-0.1, -0.05) is 66.7 Å². The zero-order chi connectivity index (χ0) is 27.9. The maximum absolute atomic E-state index is 5.20. The summed E-state index contributed by atoms with van der Waals surface area (Å²) in [7, 11) is 4.26. The first-order valence-corrected chi connectivity index (χ1v) is 14.5. The molecule has 5 nitrogen and oxygen atoms in total. The molecule has 0 saturated heterocycles. The SMILES string of the molecule is CN1C=CN(c2cccc(-n3c4ccccc4c4ccc(-c5nc6ccc7c(c6n5C)-c5ccccc5C7)cc43)c2)C1. The number of anilines is 1. The lowest BCUT2D eigenvalue weighted by Crippen LogP contribution is -2.21. The Morgan fingerprint density at radius 2 is 1.50 bits per heavy atom. The van der Waals surface area contributed by atoms with E-state index >= 15 is 0 Å². The molecule has 0 amide bonds. The van der Waals surface area contributed by atoms with Gasteiger partial charge in [-0.15, -0.1) is 0 Å². The van der Waals surface area contributed by atoms with E-state index in [0.717, 1.165) is 35.7 Å². The largest absolute Gasteiger partial charge is 0.361 e. The van der Waals surface area contributed by atoms with Gasteiger partial charge in [0.05, 0.1) is 28.7 Å². The minimum absolute atomic E-state index is 0.849. The van der Waals surface area contributed by atoms with Crippen molar-refractivity contribution in [2.75, 3.05) is 18.6 Å². The van der Waals surface area contributed by atoms with Crippen molar-refractivity contribution in [2.45, 2.75) is 6.42 Å². The third-order valence-electron chi connectivity index (χ3n) is 9.02. The van der Waals surface area contributed by atoms with E-state index in [4.69, 9.17) is 4.98 Å². The minimum atomic E-state index is 0.849. The lowest BCUT2D eigenvalue weighted by molar-refractivity contribution is 0.496. The molecule has 42 heavy (non-hydrogen) atoms. The van der Waals surface area contributed by atoms with E-state index in [1.54, 1.807) is 0 Å². The fourth-order valence-electron chi connectivity index (χ4n) is 7.07. The van der Waals surface area contributed by atoms with E-state index in [9.17, 15) is 0 Å². The Morgan fingerprint density at radius 3 is 2.40 bits per heavy atom. The molecule has 5 aromatic carbocycles. The van der Waals surface area contributed by atoms with Crippen LogP contribution in [0.2, 0.25) is 0 Å². The van der Waals surface area contributed by atoms with Crippen LogP contribution in [0.5, 0.6) is 0 Å². The van der Waals surface area contributed by atoms with Gasteiger partial charge in [0.1, 0.15) is 5.82 Å². The van der Waals surface area contributed by atoms with Gasteiger partial charge in [0.2, 0.25) is 0 Å². The van der Waals surface area contributed by atoms with Crippen molar-refractivity contribution in [3.63, 3.8) is 0 Å². The van der Waals surface area contributed by atoms with E-state index in [1.807, 2.05) is 0 Å². The van der Waals surface area contributed by atoms with Gasteiger partial charge < -0.3 is 18.9 Å². The normalized spacial score (nSPS) is 14.0. The number of rotatable bonds is 3. The Kier molecular flexibility index (Phi) is 4.80. The molecule has 9 rings (SSSR count). The van der Waals surface area contributed by atoms with Crippen LogP contribution < -0.4 is 4.90 Å². The smallest absolute Gasteiger partial charge is 0.140 e. The number of imidazole rings is 1. The molecule has 5 heteroatoms. The summed E-state index contributed by atoms with van der Waals surface area (Å²) < 4.78 is 4.69. The van der Waals surface area contributed by atoms with E-state index in [-0.39, 0.29) is 0 Å². The Morgan fingerprint density at radius 1 is 0.667 bits per heavy atom. The molecular weight excluding hydrogens is 514 g/mol. The van der Waals surface area contributed by atoms with E-state index < -0.39 is 0 Å². The van der Waals surface area contributed by atoms with Crippen molar-refractivity contribution in [1.82, 2.24) is 19.0 Å². The lowest BCUT2D eigenvalue weighted by Gasteiger charge is -2.19. The van der Waals surface area contributed by atoms with Gasteiger partial charge in [0.25, 0.3) is 0 Å². The summed E-state index contributed by atoms with van der Waals surface area (Å²) in [6.07, 6.45) is 5.24. The molecular formula is C37H29N5. The first kappa shape index (κ1) is 23.4. The summed E-state index contributed by atoms with van der Waals surface area (Å²) in [5.41, 5.74) is 13.5. The van der Waals surface area contributed by atoms with Gasteiger partial charge in [-0.2, -0.15) is 0 Å². The van der Waals surface area contributed by atoms with Gasteiger partial charge in [-0.3, -0.25) is 0 Å². The fourth-order valence-corrected chi connectivity index (χ4v) is 7.07. The quantitative estimate of drug-likeness (QED) is 0.226. The van der Waals surface area contributed by atoms with Gasteiger partial charge in [-0.05, 0) is 59.5 Å². The van der Waals surface area contributed by atoms with Crippen LogP contribution in [-0.4, -0.2) is 32.7 Å². The van der Waals surface area contributed by atoms with Crippen molar-refractivity contribution in [2.24, 2.45) is 7.05 Å². The minimum Gasteiger partial charge on any atom is -0.361 e. The summed E-state index contributed by atoms with van der Waals surface area (Å²) in [5, 5.41) is 2.50. The second-order valence-electron chi connectivity index (χ2n) is 11.6. The Hall–Kier alpha value is -5.29. The molecule has 0 radical (unpaired) electrons. The molecule has 1 aliphatic carbocycles. The van der Waals surface area contributed by atoms with Gasteiger partial charge in [-0.25, -0.2) is 4.98 Å². The van der Waals surface area contributed by atoms with Crippen molar-refractivity contribution >= 4 is 38.5 Å². The molecule has 0 fully saturated rings. The first-order chi connectivity index (χ1) is 20.6. The Bertz CT molecular complexity index is 2250. The second kappa shape index (κ2) is 8.60. The van der Waals surface area contributed by atoms with Crippen LogP contribution in [0.1, 0.15) is 11.1 Å². The highest BCUT2D eigenvalue weighted by molar-refractivity contribution is 6.10. The van der Waals surface area contributed by atoms with E-state index in [2.05, 4.69) is 149 Å². The zero-order valence-electron chi connectivity index (χ0n) is 23.6. The van der Waals surface area contributed by atoms with Crippen LogP contribution in [0.25, 0.3) is 61.0 Å². The van der Waals surface area contributed by atoms with E-state index in [0.29, 0.717) is 0 Å². The topological polar surface area (TPSA) is 29.2 Å². The molecule has 0 saturated carbocycles. The molecule has 0 atom stereocenters. The maximum Gasteiger partial charge on any atom is 0.140 e. The van der Waals surface area contributed by atoms with Crippen LogP contribution in [0.3, 0.4) is 0 Å². The predicted molar refractivity (Wildman–Crippen MR) is 173 cm³/mol. The predicted octanol–water partition coefficient (Wildman–Crippen LogP) is 8.09. The molecule has 7 aromatic rings. The monoisotopic (exact) mass is 543 g/mol. The number of hydrogen-bond acceptors (Lipinski definition) is 3. The number of para-hydroxylation sites is 1. The highest BCUT2D eigenvalue weighted by atomic mass is 15.3. The van der Waals surface area contributed by atoms with Crippen molar-refractivity contribution < 1.29 is 0 Å². The highest BCUT2D eigenvalue weighted by Crippen LogP contribution is 2.43. The average molecular weight is 544 g/mol. The molecule has 2 aromatic heterocycles. The Balaban J connectivity index is 1.25. The van der Waals surface area contributed by atoms with Crippen molar-refractivity contribution in [1.29, 1.82) is 0 Å². The molecule has 0 spiro atoms. The average Bonchev–Trinajstić information content (AvgIpc) is 3.78. The number of nitrogens with zero attached hydrogens (tertiary/aromatic N) is 5. The van der Waals surface area contributed by atoms with Crippen molar-refractivity contribution in [3.05, 3.63) is 127 Å². The Labute approximate surface area is 244 Å². The first-order valence-electron chi connectivity index (χ1n) is 14.5. The summed E-state index contributed by atoms with van der Waals surface area (Å²) in [5.74, 6) is 0.987. The number of aromatic nitrogens is 3. The number of benzene rings is 5. The van der Waals surface area contributed by atoms with Crippen LogP contribution >= 0.6 is 0 Å². The molecule has 202 valence electrons. The summed E-state index contributed by atoms with van der Waals surface area (Å²) >= 11 is 0. The van der Waals surface area contributed by atoms with Crippen LogP contribution in [0.15, 0.2) is 116 Å². The number of fused-ring (bicyclic) bond motifs is 8. The van der Waals surface area contributed by atoms with Gasteiger partial charge in [0.15, 0.2) is 0 Å². The summed E-state index contributed by atoms with van der Waals surface area (Å²) in [6.45, 7) is 0.849. The number of hydrogen-bond donors (Lipinski definition) is 0. The van der Waals surface area contributed by atoms with Crippen LogP contribution in [-0.2, 0) is 13.5 Å². The molecule has 0 unspecified atom stereocenters. The third-order valence-corrected chi connectivity index (χ3v) is 9.02. The summed E-state index contributed by atoms with van der Waals surface area (Å²) in [4.78, 5) is 9.67. The molecule has 0 N–H and O–H groups in total. The van der Waals surface area contributed by atoms with Crippen LogP contribution in [0, 0.1) is 0 Å². The molecule has 0 bridgehead atoms. The third kappa shape index (κ3) is 3.28. The fraction of sp³-hybridized carbons (Fsp3) is 0.108. The lowest BCUT2D eigenvalue weighted by atomic mass is 10.0. The molecule has 3 heterocycles. The van der Waals surface area contributed by atoms with Crippen molar-refractivity contribution in [3.8, 4) is 28.2 Å². The van der Waals surface area contributed by atoms with E-state index in [1.165, 1.54) is 55.3 Å². The number of aryl methyl sites for hydroxylation is 1. The molecule has 1 aliphatic heterocycles. The molecule has 2 aliphatic rings. The highest BCUT2D eigenvalue weighted by Gasteiger charge is 2.24. The van der Waals surface area contributed by atoms with Crippen LogP contribution in [0.4, 0.5) is 5.69 Å². The maximum atomic E-state index is 5.20. The standard InChI is InChI=1S/C37H29N5/c1-39-18-19-41(23-39)27-9-7-10-28(22-27)42-33-13-6-5-12-30(33)31-16-14-26(21-34(31)42)37-38-32-17-15-25-20-24-8-3-4-11-29(24)35(25)36(32)40(37)2/h3-19,21-22H,20,23H2,1-2H3.